The van der Waals surface area contributed by atoms with Crippen LogP contribution in [0.2, 0.25) is 0 Å². The van der Waals surface area contributed by atoms with Gasteiger partial charge in [-0.05, 0) is 38.6 Å². The van der Waals surface area contributed by atoms with E-state index in [9.17, 15) is 18.0 Å². The number of benzene rings is 1. The summed E-state index contributed by atoms with van der Waals surface area (Å²) in [6.07, 6.45) is -2.43. The van der Waals surface area contributed by atoms with Crippen LogP contribution in [0, 0.1) is 5.92 Å². The summed E-state index contributed by atoms with van der Waals surface area (Å²) in [5, 5.41) is 5.44. The Morgan fingerprint density at radius 1 is 1.35 bits per heavy atom. The van der Waals surface area contributed by atoms with Crippen LogP contribution in [0.1, 0.15) is 23.4 Å². The van der Waals surface area contributed by atoms with E-state index in [2.05, 4.69) is 15.2 Å². The molecule has 1 fully saturated rings. The van der Waals surface area contributed by atoms with E-state index in [0.717, 1.165) is 43.1 Å². The van der Waals surface area contributed by atoms with Crippen molar-refractivity contribution < 1.29 is 18.0 Å². The molecule has 1 aromatic carbocycles. The van der Waals surface area contributed by atoms with Gasteiger partial charge in [-0.2, -0.15) is 13.2 Å². The minimum atomic E-state index is -4.34. The van der Waals surface area contributed by atoms with E-state index in [0.29, 0.717) is 17.8 Å². The van der Waals surface area contributed by atoms with E-state index in [1.54, 1.807) is 5.38 Å². The number of carbonyl (C=O) groups is 1. The molecule has 0 bridgehead atoms. The molecule has 140 valence electrons. The van der Waals surface area contributed by atoms with Crippen molar-refractivity contribution in [1.82, 2.24) is 15.2 Å². The van der Waals surface area contributed by atoms with E-state index in [1.165, 1.54) is 23.5 Å². The van der Waals surface area contributed by atoms with Crippen LogP contribution in [0.3, 0.4) is 0 Å². The van der Waals surface area contributed by atoms with Crippen LogP contribution >= 0.6 is 11.3 Å². The van der Waals surface area contributed by atoms with Gasteiger partial charge in [0.15, 0.2) is 0 Å². The van der Waals surface area contributed by atoms with Crippen molar-refractivity contribution >= 4 is 17.2 Å². The number of thiazole rings is 1. The molecule has 1 aliphatic heterocycles. The Kier molecular flexibility index (Phi) is 5.62. The van der Waals surface area contributed by atoms with Crippen molar-refractivity contribution in [2.24, 2.45) is 5.92 Å². The summed E-state index contributed by atoms with van der Waals surface area (Å²) in [7, 11) is 2.01. The average Bonchev–Trinajstić information content (AvgIpc) is 3.08. The minimum absolute atomic E-state index is 0.00287. The molecule has 1 aromatic heterocycles. The third kappa shape index (κ3) is 4.62. The molecule has 1 aliphatic rings. The third-order valence-electron chi connectivity index (χ3n) is 4.47. The Morgan fingerprint density at radius 3 is 2.73 bits per heavy atom. The van der Waals surface area contributed by atoms with E-state index in [1.807, 2.05) is 7.05 Å². The van der Waals surface area contributed by atoms with Crippen molar-refractivity contribution in [3.8, 4) is 11.3 Å². The summed E-state index contributed by atoms with van der Waals surface area (Å²) in [6.45, 7) is 2.12. The van der Waals surface area contributed by atoms with Crippen LogP contribution in [-0.2, 0) is 17.5 Å². The smallest absolute Gasteiger partial charge is 0.349 e. The second kappa shape index (κ2) is 7.75. The molecule has 2 heterocycles. The largest absolute Gasteiger partial charge is 0.416 e. The Bertz CT molecular complexity index is 758. The molecular formula is C18H20F3N3OS. The second-order valence-corrected chi connectivity index (χ2v) is 7.46. The van der Waals surface area contributed by atoms with Gasteiger partial charge in [-0.25, -0.2) is 4.98 Å². The topological polar surface area (TPSA) is 45.2 Å². The second-order valence-electron chi connectivity index (χ2n) is 6.52. The monoisotopic (exact) mass is 383 g/mol. The number of hydrogen-bond donors (Lipinski definition) is 1. The highest BCUT2D eigenvalue weighted by Crippen LogP contribution is 2.31. The number of halogens is 3. The average molecular weight is 383 g/mol. The fourth-order valence-electron chi connectivity index (χ4n) is 3.04. The maximum atomic E-state index is 12.6. The van der Waals surface area contributed by atoms with Crippen LogP contribution in [0.4, 0.5) is 13.2 Å². The number of alkyl halides is 3. The van der Waals surface area contributed by atoms with Gasteiger partial charge in [0.1, 0.15) is 5.01 Å². The number of nitrogens with zero attached hydrogens (tertiary/aromatic N) is 2. The van der Waals surface area contributed by atoms with Crippen molar-refractivity contribution in [2.75, 3.05) is 20.1 Å². The van der Waals surface area contributed by atoms with Gasteiger partial charge in [0, 0.05) is 17.5 Å². The van der Waals surface area contributed by atoms with Gasteiger partial charge in [-0.1, -0.05) is 12.1 Å². The first-order valence-corrected chi connectivity index (χ1v) is 9.29. The molecular weight excluding hydrogens is 363 g/mol. The Labute approximate surface area is 154 Å². The lowest BCUT2D eigenvalue weighted by molar-refractivity contribution is -0.137. The van der Waals surface area contributed by atoms with Crippen LogP contribution in [0.15, 0.2) is 29.6 Å². The molecule has 0 spiro atoms. The predicted octanol–water partition coefficient (Wildman–Crippen LogP) is 3.79. The zero-order valence-electron chi connectivity index (χ0n) is 14.3. The molecule has 1 N–H and O–H groups in total. The standard InChI is InChI=1S/C18H20F3N3OS/c1-24-8-2-3-13(10-24)17(25)22-9-16-23-15(11-26-16)12-4-6-14(7-5-12)18(19,20)21/h4-7,11,13H,2-3,8-10H2,1H3,(H,22,25). The van der Waals surface area contributed by atoms with Gasteiger partial charge in [-0.3, -0.25) is 4.79 Å². The molecule has 0 saturated carbocycles. The quantitative estimate of drug-likeness (QED) is 0.874. The van der Waals surface area contributed by atoms with Crippen LogP contribution in [-0.4, -0.2) is 35.9 Å². The highest BCUT2D eigenvalue weighted by atomic mass is 32.1. The fraction of sp³-hybridized carbons (Fsp3) is 0.444. The summed E-state index contributed by atoms with van der Waals surface area (Å²) in [6, 6.07) is 4.93. The van der Waals surface area contributed by atoms with E-state index in [-0.39, 0.29) is 11.8 Å². The van der Waals surface area contributed by atoms with Gasteiger partial charge >= 0.3 is 6.18 Å². The maximum Gasteiger partial charge on any atom is 0.416 e. The predicted molar refractivity (Wildman–Crippen MR) is 94.6 cm³/mol. The number of hydrogen-bond acceptors (Lipinski definition) is 4. The zero-order chi connectivity index (χ0) is 18.7. The van der Waals surface area contributed by atoms with Gasteiger partial charge in [0.2, 0.25) is 5.91 Å². The summed E-state index contributed by atoms with van der Waals surface area (Å²) in [5.41, 5.74) is 0.563. The Balaban J connectivity index is 1.58. The first kappa shape index (κ1) is 18.8. The van der Waals surface area contributed by atoms with Crippen molar-refractivity contribution in [2.45, 2.75) is 25.6 Å². The van der Waals surface area contributed by atoms with E-state index >= 15 is 0 Å². The van der Waals surface area contributed by atoms with E-state index < -0.39 is 11.7 Å². The number of piperidine rings is 1. The Hall–Kier alpha value is -1.93. The third-order valence-corrected chi connectivity index (χ3v) is 5.32. The number of rotatable bonds is 4. The lowest BCUT2D eigenvalue weighted by Crippen LogP contribution is -2.41. The number of amides is 1. The number of aromatic nitrogens is 1. The van der Waals surface area contributed by atoms with Gasteiger partial charge in [-0.15, -0.1) is 11.3 Å². The van der Waals surface area contributed by atoms with Crippen molar-refractivity contribution in [1.29, 1.82) is 0 Å². The molecule has 1 amide bonds. The molecule has 8 heteroatoms. The molecule has 4 nitrogen and oxygen atoms in total. The lowest BCUT2D eigenvalue weighted by atomic mass is 9.98. The van der Waals surface area contributed by atoms with Gasteiger partial charge < -0.3 is 10.2 Å². The molecule has 26 heavy (non-hydrogen) atoms. The minimum Gasteiger partial charge on any atom is -0.349 e. The molecule has 0 aliphatic carbocycles. The van der Waals surface area contributed by atoms with Crippen molar-refractivity contribution in [3.63, 3.8) is 0 Å². The summed E-state index contributed by atoms with van der Waals surface area (Å²) < 4.78 is 37.9. The number of likely N-dealkylation sites (tertiary alicyclic amines) is 1. The van der Waals surface area contributed by atoms with Gasteiger partial charge in [0.05, 0.1) is 23.7 Å². The molecule has 0 radical (unpaired) electrons. The van der Waals surface area contributed by atoms with Crippen LogP contribution < -0.4 is 5.32 Å². The summed E-state index contributed by atoms with van der Waals surface area (Å²) in [4.78, 5) is 18.8. The fourth-order valence-corrected chi connectivity index (χ4v) is 3.79. The number of carbonyl (C=O) groups excluding carboxylic acids is 1. The molecule has 3 rings (SSSR count). The SMILES string of the molecule is CN1CCCC(C(=O)NCc2nc(-c3ccc(C(F)(F)F)cc3)cs2)C1. The highest BCUT2D eigenvalue weighted by Gasteiger charge is 2.30. The van der Waals surface area contributed by atoms with Crippen LogP contribution in [0.25, 0.3) is 11.3 Å². The normalized spacial score (nSPS) is 18.7. The maximum absolute atomic E-state index is 12.6. The van der Waals surface area contributed by atoms with Crippen LogP contribution in [0.5, 0.6) is 0 Å². The van der Waals surface area contributed by atoms with Gasteiger partial charge in [0.25, 0.3) is 0 Å². The summed E-state index contributed by atoms with van der Waals surface area (Å²) in [5.74, 6) is 0.0333. The van der Waals surface area contributed by atoms with E-state index in [4.69, 9.17) is 0 Å². The molecule has 1 saturated heterocycles. The molecule has 1 unspecified atom stereocenters. The molecule has 2 aromatic rings. The van der Waals surface area contributed by atoms with Crippen molar-refractivity contribution in [3.05, 3.63) is 40.2 Å². The Morgan fingerprint density at radius 2 is 2.08 bits per heavy atom. The summed E-state index contributed by atoms with van der Waals surface area (Å²) >= 11 is 1.38. The number of nitrogens with one attached hydrogen (secondary N) is 1. The first-order chi connectivity index (χ1) is 12.3. The lowest BCUT2D eigenvalue weighted by Gasteiger charge is -2.28. The first-order valence-electron chi connectivity index (χ1n) is 8.41. The highest BCUT2D eigenvalue weighted by molar-refractivity contribution is 7.09. The molecule has 1 atom stereocenters. The zero-order valence-corrected chi connectivity index (χ0v) is 15.2.